The average molecular weight is 405 g/mol. The molecule has 29 heavy (non-hydrogen) atoms. The van der Waals surface area contributed by atoms with Gasteiger partial charge < -0.3 is 24.0 Å². The van der Waals surface area contributed by atoms with E-state index in [-0.39, 0.29) is 17.6 Å². The van der Waals surface area contributed by atoms with Gasteiger partial charge in [0.2, 0.25) is 0 Å². The smallest absolute Gasteiger partial charge is 0.165 e. The third kappa shape index (κ3) is 7.22. The van der Waals surface area contributed by atoms with Crippen LogP contribution in [0.2, 0.25) is 0 Å². The highest BCUT2D eigenvalue weighted by Gasteiger charge is 2.14. The Morgan fingerprint density at radius 3 is 2.41 bits per heavy atom. The van der Waals surface area contributed by atoms with Gasteiger partial charge in [-0.1, -0.05) is 12.1 Å². The van der Waals surface area contributed by atoms with E-state index in [0.717, 1.165) is 23.5 Å². The first-order valence-corrected chi connectivity index (χ1v) is 9.94. The quantitative estimate of drug-likeness (QED) is 0.529. The van der Waals surface area contributed by atoms with Crippen molar-refractivity contribution in [1.29, 1.82) is 0 Å². The van der Waals surface area contributed by atoms with Gasteiger partial charge in [-0.2, -0.15) is 0 Å². The van der Waals surface area contributed by atoms with Crippen molar-refractivity contribution in [2.45, 2.75) is 26.4 Å². The third-order valence-electron chi connectivity index (χ3n) is 4.77. The van der Waals surface area contributed by atoms with Crippen molar-refractivity contribution in [2.75, 3.05) is 52.5 Å². The van der Waals surface area contributed by atoms with Gasteiger partial charge in [0.05, 0.1) is 13.7 Å². The van der Waals surface area contributed by atoms with Gasteiger partial charge in [0.15, 0.2) is 11.6 Å². The van der Waals surface area contributed by atoms with Gasteiger partial charge in [-0.3, -0.25) is 0 Å². The lowest BCUT2D eigenvalue weighted by Gasteiger charge is -2.29. The summed E-state index contributed by atoms with van der Waals surface area (Å²) in [6.45, 7) is 7.46. The van der Waals surface area contributed by atoms with Crippen LogP contribution in [-0.2, 0) is 11.3 Å². The van der Waals surface area contributed by atoms with Crippen molar-refractivity contribution in [3.05, 3.63) is 53.8 Å². The summed E-state index contributed by atoms with van der Waals surface area (Å²) in [5.74, 6) is 0.751. The van der Waals surface area contributed by atoms with Crippen LogP contribution in [0.5, 0.6) is 11.5 Å². The van der Waals surface area contributed by atoms with Crippen molar-refractivity contribution >= 4 is 5.69 Å². The Balaban J connectivity index is 2.00. The molecule has 5 nitrogen and oxygen atoms in total. The molecular weight excluding hydrogens is 371 g/mol. The zero-order valence-electron chi connectivity index (χ0n) is 18.2. The van der Waals surface area contributed by atoms with Crippen LogP contribution in [0.1, 0.15) is 19.4 Å². The zero-order valence-corrected chi connectivity index (χ0v) is 18.2. The van der Waals surface area contributed by atoms with E-state index in [0.29, 0.717) is 26.3 Å². The summed E-state index contributed by atoms with van der Waals surface area (Å²) in [6.07, 6.45) is 0. The number of hydrogen-bond donors (Lipinski definition) is 0. The number of likely N-dealkylation sites (N-methyl/N-ethyl adjacent to an activating group) is 1. The molecule has 0 radical (unpaired) electrons. The predicted molar refractivity (Wildman–Crippen MR) is 116 cm³/mol. The lowest BCUT2D eigenvalue weighted by Crippen LogP contribution is -2.30. The minimum atomic E-state index is -0.337. The largest absolute Gasteiger partial charge is 0.497 e. The number of methoxy groups -OCH3 is 2. The molecule has 0 atom stereocenters. The second-order valence-corrected chi connectivity index (χ2v) is 7.33. The summed E-state index contributed by atoms with van der Waals surface area (Å²) >= 11 is 0. The number of ether oxygens (including phenoxy) is 3. The van der Waals surface area contributed by atoms with Gasteiger partial charge in [0.1, 0.15) is 12.4 Å². The molecule has 0 heterocycles. The number of rotatable bonds is 12. The second kappa shape index (κ2) is 11.6. The lowest BCUT2D eigenvalue weighted by molar-refractivity contribution is 0.149. The maximum absolute atomic E-state index is 14.6. The Kier molecular flexibility index (Phi) is 9.22. The Morgan fingerprint density at radius 2 is 1.76 bits per heavy atom. The Bertz CT molecular complexity index is 755. The monoisotopic (exact) mass is 404 g/mol. The molecule has 0 saturated heterocycles. The lowest BCUT2D eigenvalue weighted by atomic mass is 10.1. The van der Waals surface area contributed by atoms with Crippen LogP contribution in [0.4, 0.5) is 10.1 Å². The Hall–Kier alpha value is -2.31. The van der Waals surface area contributed by atoms with Crippen LogP contribution in [0.25, 0.3) is 0 Å². The van der Waals surface area contributed by atoms with Crippen LogP contribution < -0.4 is 14.4 Å². The first kappa shape index (κ1) is 23.0. The van der Waals surface area contributed by atoms with E-state index in [2.05, 4.69) is 23.6 Å². The molecule has 0 N–H and O–H groups in total. The number of hydrogen-bond acceptors (Lipinski definition) is 5. The standard InChI is InChI=1S/C23H33FN2O3/c1-18(2)26(20-7-6-8-21(16-20)28-5)17-19-9-10-23(22(24)15-19)29-14-12-25(3)11-13-27-4/h6-10,15-16,18H,11-14,17H2,1-5H3. The Labute approximate surface area is 174 Å². The number of benzene rings is 2. The SMILES string of the molecule is COCCN(C)CCOc1ccc(CN(c2cccc(OC)c2)C(C)C)cc1F. The molecule has 0 aliphatic carbocycles. The fraction of sp³-hybridized carbons (Fsp3) is 0.478. The number of anilines is 1. The molecule has 0 saturated carbocycles. The van der Waals surface area contributed by atoms with E-state index >= 15 is 0 Å². The van der Waals surface area contributed by atoms with Gasteiger partial charge in [0.25, 0.3) is 0 Å². The molecule has 2 rings (SSSR count). The maximum Gasteiger partial charge on any atom is 0.165 e. The van der Waals surface area contributed by atoms with Gasteiger partial charge in [-0.15, -0.1) is 0 Å². The molecule has 6 heteroatoms. The zero-order chi connectivity index (χ0) is 21.2. The summed E-state index contributed by atoms with van der Waals surface area (Å²) < 4.78 is 30.6. The van der Waals surface area contributed by atoms with Crippen LogP contribution in [0.15, 0.2) is 42.5 Å². The van der Waals surface area contributed by atoms with Gasteiger partial charge in [-0.25, -0.2) is 4.39 Å². The van der Waals surface area contributed by atoms with Crippen LogP contribution in [-0.4, -0.2) is 58.5 Å². The highest BCUT2D eigenvalue weighted by atomic mass is 19.1. The minimum absolute atomic E-state index is 0.253. The summed E-state index contributed by atoms with van der Waals surface area (Å²) in [7, 11) is 5.32. The first-order valence-electron chi connectivity index (χ1n) is 9.94. The van der Waals surface area contributed by atoms with E-state index in [1.807, 2.05) is 37.4 Å². The van der Waals surface area contributed by atoms with Crippen molar-refractivity contribution in [2.24, 2.45) is 0 Å². The summed E-state index contributed by atoms with van der Waals surface area (Å²) in [6, 6.07) is 13.4. The van der Waals surface area contributed by atoms with Crippen molar-refractivity contribution in [1.82, 2.24) is 4.90 Å². The highest BCUT2D eigenvalue weighted by molar-refractivity contribution is 5.52. The fourth-order valence-corrected chi connectivity index (χ4v) is 2.99. The van der Waals surface area contributed by atoms with E-state index in [1.165, 1.54) is 0 Å². The average Bonchev–Trinajstić information content (AvgIpc) is 2.71. The summed E-state index contributed by atoms with van der Waals surface area (Å²) in [4.78, 5) is 4.30. The predicted octanol–water partition coefficient (Wildman–Crippen LogP) is 4.21. The second-order valence-electron chi connectivity index (χ2n) is 7.33. The molecule has 0 aliphatic rings. The van der Waals surface area contributed by atoms with Gasteiger partial charge in [-0.05, 0) is 50.7 Å². The van der Waals surface area contributed by atoms with Gasteiger partial charge in [0, 0.05) is 44.5 Å². The number of halogens is 1. The summed E-state index contributed by atoms with van der Waals surface area (Å²) in [5, 5.41) is 0. The maximum atomic E-state index is 14.6. The van der Waals surface area contributed by atoms with Crippen molar-refractivity contribution < 1.29 is 18.6 Å². The fourth-order valence-electron chi connectivity index (χ4n) is 2.99. The molecule has 0 aromatic heterocycles. The molecule has 0 aliphatic heterocycles. The minimum Gasteiger partial charge on any atom is -0.497 e. The van der Waals surface area contributed by atoms with E-state index in [4.69, 9.17) is 14.2 Å². The topological polar surface area (TPSA) is 34.2 Å². The van der Waals surface area contributed by atoms with E-state index in [9.17, 15) is 4.39 Å². The molecule has 2 aromatic rings. The van der Waals surface area contributed by atoms with E-state index < -0.39 is 0 Å². The molecule has 2 aromatic carbocycles. The molecule has 0 unspecified atom stereocenters. The van der Waals surface area contributed by atoms with Crippen LogP contribution in [0, 0.1) is 5.82 Å². The molecule has 0 bridgehead atoms. The van der Waals surface area contributed by atoms with Gasteiger partial charge >= 0.3 is 0 Å². The highest BCUT2D eigenvalue weighted by Crippen LogP contribution is 2.26. The normalized spacial score (nSPS) is 11.2. The molecule has 0 spiro atoms. The van der Waals surface area contributed by atoms with E-state index in [1.54, 1.807) is 26.4 Å². The van der Waals surface area contributed by atoms with Crippen molar-refractivity contribution in [3.8, 4) is 11.5 Å². The molecule has 0 amide bonds. The van der Waals surface area contributed by atoms with Crippen LogP contribution >= 0.6 is 0 Å². The Morgan fingerprint density at radius 1 is 1.00 bits per heavy atom. The van der Waals surface area contributed by atoms with Crippen LogP contribution in [0.3, 0.4) is 0 Å². The number of nitrogens with zero attached hydrogens (tertiary/aromatic N) is 2. The third-order valence-corrected chi connectivity index (χ3v) is 4.77. The van der Waals surface area contributed by atoms with Crippen molar-refractivity contribution in [3.63, 3.8) is 0 Å². The molecular formula is C23H33FN2O3. The first-order chi connectivity index (χ1) is 13.9. The molecule has 160 valence electrons. The summed E-state index contributed by atoms with van der Waals surface area (Å²) in [5.41, 5.74) is 1.93. The molecule has 0 fully saturated rings.